The molecule has 0 amide bonds. The highest BCUT2D eigenvalue weighted by Crippen LogP contribution is 2.38. The van der Waals surface area contributed by atoms with Gasteiger partial charge in [-0.1, -0.05) is 36.4 Å². The smallest absolute Gasteiger partial charge is 0.313 e. The summed E-state index contributed by atoms with van der Waals surface area (Å²) in [6.45, 7) is 9.34. The number of nitrogens with zero attached hydrogens (tertiary/aromatic N) is 1. The molecule has 0 saturated heterocycles. The maximum Gasteiger partial charge on any atom is 0.313 e. The number of fused-ring (bicyclic) bond motifs is 1. The summed E-state index contributed by atoms with van der Waals surface area (Å²) < 4.78 is 20.9. The Bertz CT molecular complexity index is 1200. The van der Waals surface area contributed by atoms with Gasteiger partial charge in [0.25, 0.3) is 0 Å². The van der Waals surface area contributed by atoms with Crippen LogP contribution in [0.1, 0.15) is 59.2 Å². The Morgan fingerprint density at radius 1 is 1.09 bits per heavy atom. The summed E-state index contributed by atoms with van der Waals surface area (Å²) >= 11 is 0. The molecule has 2 aromatic carbocycles. The number of carbonyl (C=O) groups excluding carboxylic acids is 2. The van der Waals surface area contributed by atoms with Crippen molar-refractivity contribution in [2.24, 2.45) is 0 Å². The molecule has 3 aromatic rings. The van der Waals surface area contributed by atoms with Gasteiger partial charge in [-0.2, -0.15) is 0 Å². The van der Waals surface area contributed by atoms with E-state index < -0.39 is 23.5 Å². The van der Waals surface area contributed by atoms with E-state index in [9.17, 15) is 19.1 Å². The fraction of sp³-hybridized carbons (Fsp3) is 0.357. The summed E-state index contributed by atoms with van der Waals surface area (Å²) in [5.41, 5.74) is 2.98. The van der Waals surface area contributed by atoms with Crippen LogP contribution in [-0.4, -0.2) is 33.1 Å². The van der Waals surface area contributed by atoms with Gasteiger partial charge in [0.1, 0.15) is 23.6 Å². The molecule has 0 spiro atoms. The second-order valence-corrected chi connectivity index (χ2v) is 9.68. The van der Waals surface area contributed by atoms with Crippen molar-refractivity contribution in [3.8, 4) is 11.1 Å². The van der Waals surface area contributed by atoms with Crippen molar-refractivity contribution in [3.63, 3.8) is 0 Å². The number of carbonyl (C=O) groups is 2. The van der Waals surface area contributed by atoms with Crippen molar-refractivity contribution in [2.75, 3.05) is 0 Å². The van der Waals surface area contributed by atoms with Gasteiger partial charge >= 0.3 is 5.97 Å². The van der Waals surface area contributed by atoms with Gasteiger partial charge < -0.3 is 14.4 Å². The monoisotopic (exact) mass is 465 g/mol. The molecule has 180 valence electrons. The van der Waals surface area contributed by atoms with Gasteiger partial charge in [0.2, 0.25) is 0 Å². The molecule has 6 heteroatoms. The Labute approximate surface area is 199 Å². The van der Waals surface area contributed by atoms with Crippen molar-refractivity contribution >= 4 is 28.7 Å². The Morgan fingerprint density at radius 3 is 2.35 bits per heavy atom. The van der Waals surface area contributed by atoms with Crippen LogP contribution < -0.4 is 0 Å². The molecule has 5 nitrogen and oxygen atoms in total. The lowest BCUT2D eigenvalue weighted by Gasteiger charge is -2.19. The molecule has 0 unspecified atom stereocenters. The molecule has 1 N–H and O–H groups in total. The van der Waals surface area contributed by atoms with Crippen LogP contribution in [-0.2, 0) is 14.3 Å². The number of hydrogen-bond donors (Lipinski definition) is 1. The second kappa shape index (κ2) is 10.3. The highest BCUT2D eigenvalue weighted by Gasteiger charge is 2.21. The third kappa shape index (κ3) is 6.20. The van der Waals surface area contributed by atoms with E-state index in [0.717, 1.165) is 27.7 Å². The third-order valence-corrected chi connectivity index (χ3v) is 5.27. The van der Waals surface area contributed by atoms with E-state index in [1.54, 1.807) is 45.1 Å². The van der Waals surface area contributed by atoms with Crippen LogP contribution in [0.5, 0.6) is 0 Å². The zero-order valence-electron chi connectivity index (χ0n) is 20.3. The molecule has 3 rings (SSSR count). The highest BCUT2D eigenvalue weighted by molar-refractivity contribution is 6.01. The van der Waals surface area contributed by atoms with E-state index >= 15 is 0 Å². The van der Waals surface area contributed by atoms with Crippen molar-refractivity contribution < 1.29 is 23.8 Å². The number of aliphatic hydroxyl groups excluding tert-OH is 1. The maximum absolute atomic E-state index is 13.6. The molecule has 1 aromatic heterocycles. The van der Waals surface area contributed by atoms with Crippen molar-refractivity contribution in [3.05, 3.63) is 66.1 Å². The number of aromatic nitrogens is 1. The zero-order chi connectivity index (χ0) is 25.0. The van der Waals surface area contributed by atoms with Gasteiger partial charge in [0.15, 0.2) is 0 Å². The molecule has 1 heterocycles. The van der Waals surface area contributed by atoms with Crippen LogP contribution in [0.15, 0.2) is 54.6 Å². The number of benzene rings is 2. The van der Waals surface area contributed by atoms with Gasteiger partial charge in [-0.15, -0.1) is 0 Å². The third-order valence-electron chi connectivity index (χ3n) is 5.27. The van der Waals surface area contributed by atoms with Crippen LogP contribution in [0.2, 0.25) is 0 Å². The largest absolute Gasteiger partial charge is 0.460 e. The highest BCUT2D eigenvalue weighted by atomic mass is 19.1. The summed E-state index contributed by atoms with van der Waals surface area (Å²) in [6.07, 6.45) is 1.73. The molecule has 1 atom stereocenters. The Hall–Kier alpha value is -3.25. The summed E-state index contributed by atoms with van der Waals surface area (Å²) in [5, 5.41) is 11.5. The van der Waals surface area contributed by atoms with Gasteiger partial charge in [-0.05, 0) is 64.5 Å². The molecular weight excluding hydrogens is 433 g/mol. The second-order valence-electron chi connectivity index (χ2n) is 9.68. The summed E-state index contributed by atoms with van der Waals surface area (Å²) in [6, 6.07) is 14.4. The normalized spacial score (nSPS) is 13.1. The first-order chi connectivity index (χ1) is 16.0. The lowest BCUT2D eigenvalue weighted by Crippen LogP contribution is -2.26. The first-order valence-corrected chi connectivity index (χ1v) is 11.4. The number of hydrogen-bond acceptors (Lipinski definition) is 4. The number of ketones is 1. The number of aliphatic hydroxyl groups is 1. The maximum atomic E-state index is 13.6. The van der Waals surface area contributed by atoms with E-state index in [0.29, 0.717) is 0 Å². The zero-order valence-corrected chi connectivity index (χ0v) is 20.3. The average molecular weight is 466 g/mol. The fourth-order valence-electron chi connectivity index (χ4n) is 4.04. The molecule has 0 aliphatic carbocycles. The lowest BCUT2D eigenvalue weighted by molar-refractivity contribution is -0.156. The molecule has 0 aliphatic rings. The van der Waals surface area contributed by atoms with Crippen LogP contribution >= 0.6 is 0 Å². The number of para-hydroxylation sites is 1. The minimum absolute atomic E-state index is 0.115. The van der Waals surface area contributed by atoms with Crippen LogP contribution in [0.4, 0.5) is 4.39 Å². The van der Waals surface area contributed by atoms with Crippen molar-refractivity contribution in [1.29, 1.82) is 0 Å². The van der Waals surface area contributed by atoms with Crippen molar-refractivity contribution in [1.82, 2.24) is 4.57 Å². The van der Waals surface area contributed by atoms with E-state index in [2.05, 4.69) is 18.4 Å². The summed E-state index contributed by atoms with van der Waals surface area (Å²) in [4.78, 5) is 24.2. The first-order valence-electron chi connectivity index (χ1n) is 11.4. The molecule has 34 heavy (non-hydrogen) atoms. The summed E-state index contributed by atoms with van der Waals surface area (Å²) in [7, 11) is 0. The van der Waals surface area contributed by atoms with E-state index in [-0.39, 0.29) is 24.7 Å². The molecule has 0 radical (unpaired) electrons. The van der Waals surface area contributed by atoms with Gasteiger partial charge in [-0.3, -0.25) is 9.59 Å². The molecule has 0 fully saturated rings. The minimum Gasteiger partial charge on any atom is -0.460 e. The van der Waals surface area contributed by atoms with Gasteiger partial charge in [-0.25, -0.2) is 4.39 Å². The fourth-order valence-corrected chi connectivity index (χ4v) is 4.04. The molecule has 0 bridgehead atoms. The molecule has 0 saturated carbocycles. The van der Waals surface area contributed by atoms with E-state index in [4.69, 9.17) is 4.74 Å². The Morgan fingerprint density at radius 2 is 1.74 bits per heavy atom. The van der Waals surface area contributed by atoms with E-state index in [1.165, 1.54) is 12.1 Å². The van der Waals surface area contributed by atoms with Gasteiger partial charge in [0, 0.05) is 34.6 Å². The SMILES string of the molecule is CC(C)n1c(/C=C/[C@@H](O)CC(=O)CC(=O)OC(C)(C)C)c(-c2ccc(F)cc2)c2ccccc21. The minimum atomic E-state index is -1.06. The number of halogens is 1. The van der Waals surface area contributed by atoms with Crippen LogP contribution in [0.3, 0.4) is 0 Å². The number of ether oxygens (including phenoxy) is 1. The molecule has 0 aliphatic heterocycles. The Balaban J connectivity index is 1.92. The Kier molecular flexibility index (Phi) is 7.72. The van der Waals surface area contributed by atoms with Crippen molar-refractivity contribution in [2.45, 2.75) is 65.2 Å². The number of Topliss-reactive ketones (excluding diaryl/α,β-unsaturated/α-hetero) is 1. The van der Waals surface area contributed by atoms with Crippen LogP contribution in [0.25, 0.3) is 28.1 Å². The number of esters is 1. The summed E-state index contributed by atoms with van der Waals surface area (Å²) in [5.74, 6) is -1.31. The first kappa shape index (κ1) is 25.4. The molecular formula is C28H32FNO4. The quantitative estimate of drug-likeness (QED) is 0.323. The van der Waals surface area contributed by atoms with Crippen LogP contribution in [0, 0.1) is 5.82 Å². The van der Waals surface area contributed by atoms with E-state index in [1.807, 2.05) is 24.3 Å². The average Bonchev–Trinajstić information content (AvgIpc) is 3.05. The predicted octanol–water partition coefficient (Wildman–Crippen LogP) is 6.09. The standard InChI is InChI=1S/C28H32FNO4/c1-18(2)30-24-9-7-6-8-23(24)27(19-10-12-20(29)13-11-19)25(30)15-14-21(31)16-22(32)17-26(33)34-28(3,4)5/h6-15,18,21,31H,16-17H2,1-5H3/b15-14+/t21-/m1/s1. The topological polar surface area (TPSA) is 68.5 Å². The lowest BCUT2D eigenvalue weighted by atomic mass is 10.0. The van der Waals surface area contributed by atoms with Gasteiger partial charge in [0.05, 0.1) is 6.10 Å². The predicted molar refractivity (Wildman–Crippen MR) is 133 cm³/mol. The number of rotatable bonds is 8.